The molecule has 2 aromatic rings. The Morgan fingerprint density at radius 3 is 2.62 bits per heavy atom. The van der Waals surface area contributed by atoms with Crippen molar-refractivity contribution in [2.24, 2.45) is 5.92 Å². The fourth-order valence-corrected chi connectivity index (χ4v) is 4.11. The maximum Gasteiger partial charge on any atom is 0.228 e. The second-order valence-electron chi connectivity index (χ2n) is 7.56. The van der Waals surface area contributed by atoms with Gasteiger partial charge in [-0.15, -0.1) is 0 Å². The number of fused-ring (bicyclic) bond motifs is 1. The number of rotatable bonds is 5. The Morgan fingerprint density at radius 1 is 1.03 bits per heavy atom. The Hall–Kier alpha value is -3.15. The van der Waals surface area contributed by atoms with Gasteiger partial charge in [0.15, 0.2) is 0 Å². The van der Waals surface area contributed by atoms with Gasteiger partial charge >= 0.3 is 0 Å². The lowest BCUT2D eigenvalue weighted by molar-refractivity contribution is -0.126. The van der Waals surface area contributed by atoms with Crippen LogP contribution >= 0.6 is 0 Å². The molecule has 6 nitrogen and oxygen atoms in total. The summed E-state index contributed by atoms with van der Waals surface area (Å²) in [4.78, 5) is 40.9. The van der Waals surface area contributed by atoms with E-state index in [2.05, 4.69) is 11.4 Å². The Labute approximate surface area is 170 Å². The molecule has 29 heavy (non-hydrogen) atoms. The lowest BCUT2D eigenvalue weighted by Gasteiger charge is -2.29. The standard InChI is InChI=1S/C23H25N3O3/c27-21(25-14-6-8-17-7-4-5-11-20(17)25)12-13-24-23(29)18-15-22(28)26(16-18)19-9-2-1-3-10-19/h1-5,7,9-11,18H,6,8,12-16H2,(H,24,29)/t18-/m0/s1. The van der Waals surface area contributed by atoms with Crippen LogP contribution in [0.2, 0.25) is 0 Å². The average molecular weight is 391 g/mol. The molecule has 2 aliphatic rings. The molecule has 2 aliphatic heterocycles. The van der Waals surface area contributed by atoms with Crippen LogP contribution in [0.1, 0.15) is 24.8 Å². The molecular weight excluding hydrogens is 366 g/mol. The van der Waals surface area contributed by atoms with Crippen molar-refractivity contribution in [3.05, 3.63) is 60.2 Å². The molecular formula is C23H25N3O3. The van der Waals surface area contributed by atoms with Crippen LogP contribution in [0.15, 0.2) is 54.6 Å². The molecule has 4 rings (SSSR count). The van der Waals surface area contributed by atoms with E-state index >= 15 is 0 Å². The summed E-state index contributed by atoms with van der Waals surface area (Å²) < 4.78 is 0. The predicted octanol–water partition coefficient (Wildman–Crippen LogP) is 2.53. The molecule has 1 atom stereocenters. The first-order valence-electron chi connectivity index (χ1n) is 10.1. The summed E-state index contributed by atoms with van der Waals surface area (Å²) in [6.07, 6.45) is 2.40. The zero-order chi connectivity index (χ0) is 20.2. The van der Waals surface area contributed by atoms with Crippen LogP contribution in [0.5, 0.6) is 0 Å². The maximum absolute atomic E-state index is 12.7. The van der Waals surface area contributed by atoms with Crippen molar-refractivity contribution in [1.29, 1.82) is 0 Å². The zero-order valence-corrected chi connectivity index (χ0v) is 16.3. The van der Waals surface area contributed by atoms with Gasteiger partial charge < -0.3 is 15.1 Å². The van der Waals surface area contributed by atoms with Crippen LogP contribution in [0, 0.1) is 5.92 Å². The number of nitrogens with one attached hydrogen (secondary N) is 1. The van der Waals surface area contributed by atoms with Gasteiger partial charge in [0, 0.05) is 43.9 Å². The summed E-state index contributed by atoms with van der Waals surface area (Å²) in [5, 5.41) is 2.85. The minimum Gasteiger partial charge on any atom is -0.355 e. The summed E-state index contributed by atoms with van der Waals surface area (Å²) in [7, 11) is 0. The number of carbonyl (C=O) groups excluding carboxylic acids is 3. The SMILES string of the molecule is O=C(NCCC(=O)N1CCCc2ccccc21)[C@H]1CC(=O)N(c2ccccc2)C1. The van der Waals surface area contributed by atoms with Crippen LogP contribution in [0.25, 0.3) is 0 Å². The molecule has 1 fully saturated rings. The molecule has 0 unspecified atom stereocenters. The highest BCUT2D eigenvalue weighted by atomic mass is 16.2. The molecule has 0 aliphatic carbocycles. The van der Waals surface area contributed by atoms with Crippen molar-refractivity contribution >= 4 is 29.1 Å². The third-order valence-corrected chi connectivity index (χ3v) is 5.61. The maximum atomic E-state index is 12.7. The van der Waals surface area contributed by atoms with Gasteiger partial charge in [0.2, 0.25) is 17.7 Å². The van der Waals surface area contributed by atoms with Gasteiger partial charge in [0.25, 0.3) is 0 Å². The van der Waals surface area contributed by atoms with Gasteiger partial charge in [-0.25, -0.2) is 0 Å². The number of amides is 3. The second kappa shape index (κ2) is 8.47. The smallest absolute Gasteiger partial charge is 0.228 e. The average Bonchev–Trinajstić information content (AvgIpc) is 3.15. The summed E-state index contributed by atoms with van der Waals surface area (Å²) in [6.45, 7) is 1.38. The normalized spacial score (nSPS) is 18.5. The molecule has 1 saturated heterocycles. The van der Waals surface area contributed by atoms with Gasteiger partial charge in [-0.05, 0) is 36.6 Å². The molecule has 150 valence electrons. The Kier molecular flexibility index (Phi) is 5.60. The molecule has 3 amide bonds. The van der Waals surface area contributed by atoms with Gasteiger partial charge in [-0.3, -0.25) is 14.4 Å². The number of hydrogen-bond donors (Lipinski definition) is 1. The topological polar surface area (TPSA) is 69.7 Å². The van der Waals surface area contributed by atoms with E-state index in [-0.39, 0.29) is 43.0 Å². The number of aryl methyl sites for hydroxylation is 1. The van der Waals surface area contributed by atoms with Gasteiger partial charge in [0.05, 0.1) is 5.92 Å². The van der Waals surface area contributed by atoms with Crippen molar-refractivity contribution in [3.8, 4) is 0 Å². The first-order valence-corrected chi connectivity index (χ1v) is 10.1. The number of hydrogen-bond acceptors (Lipinski definition) is 3. The lowest BCUT2D eigenvalue weighted by Crippen LogP contribution is -2.39. The van der Waals surface area contributed by atoms with Gasteiger partial charge in [-0.1, -0.05) is 36.4 Å². The first-order chi connectivity index (χ1) is 14.1. The summed E-state index contributed by atoms with van der Waals surface area (Å²) in [5.74, 6) is -0.569. The molecule has 0 spiro atoms. The van der Waals surface area contributed by atoms with Crippen LogP contribution in [0.4, 0.5) is 11.4 Å². The van der Waals surface area contributed by atoms with Crippen molar-refractivity contribution in [1.82, 2.24) is 5.32 Å². The number of para-hydroxylation sites is 2. The van der Waals surface area contributed by atoms with Crippen LogP contribution in [0.3, 0.4) is 0 Å². The van der Waals surface area contributed by atoms with E-state index in [0.29, 0.717) is 13.1 Å². The van der Waals surface area contributed by atoms with E-state index in [4.69, 9.17) is 0 Å². The van der Waals surface area contributed by atoms with Gasteiger partial charge in [-0.2, -0.15) is 0 Å². The van der Waals surface area contributed by atoms with E-state index < -0.39 is 0 Å². The molecule has 0 saturated carbocycles. The quantitative estimate of drug-likeness (QED) is 0.852. The minimum atomic E-state index is -0.381. The van der Waals surface area contributed by atoms with Crippen molar-refractivity contribution in [2.45, 2.75) is 25.7 Å². The highest BCUT2D eigenvalue weighted by Crippen LogP contribution is 2.27. The first kappa shape index (κ1) is 19.2. The second-order valence-corrected chi connectivity index (χ2v) is 7.56. The fourth-order valence-electron chi connectivity index (χ4n) is 4.11. The van der Waals surface area contributed by atoms with E-state index in [1.807, 2.05) is 53.4 Å². The Morgan fingerprint density at radius 2 is 1.79 bits per heavy atom. The van der Waals surface area contributed by atoms with Crippen molar-refractivity contribution in [2.75, 3.05) is 29.4 Å². The highest BCUT2D eigenvalue weighted by molar-refractivity contribution is 6.00. The molecule has 1 N–H and O–H groups in total. The third kappa shape index (κ3) is 4.16. The van der Waals surface area contributed by atoms with Crippen LogP contribution in [-0.4, -0.2) is 37.4 Å². The third-order valence-electron chi connectivity index (χ3n) is 5.61. The largest absolute Gasteiger partial charge is 0.355 e. The molecule has 0 aromatic heterocycles. The molecule has 0 radical (unpaired) electrons. The zero-order valence-electron chi connectivity index (χ0n) is 16.3. The molecule has 2 aromatic carbocycles. The number of carbonyl (C=O) groups is 3. The molecule has 0 bridgehead atoms. The molecule has 6 heteroatoms. The number of anilines is 2. The van der Waals surface area contributed by atoms with E-state index in [1.54, 1.807) is 4.90 Å². The molecule has 2 heterocycles. The monoisotopic (exact) mass is 391 g/mol. The number of nitrogens with zero attached hydrogens (tertiary/aromatic N) is 2. The summed E-state index contributed by atoms with van der Waals surface area (Å²) in [6, 6.07) is 17.4. The van der Waals surface area contributed by atoms with Crippen LogP contribution < -0.4 is 15.1 Å². The van der Waals surface area contributed by atoms with E-state index in [0.717, 1.165) is 24.2 Å². The van der Waals surface area contributed by atoms with E-state index in [1.165, 1.54) is 5.56 Å². The minimum absolute atomic E-state index is 0.0193. The van der Waals surface area contributed by atoms with Crippen molar-refractivity contribution < 1.29 is 14.4 Å². The fraction of sp³-hybridized carbons (Fsp3) is 0.348. The number of benzene rings is 2. The predicted molar refractivity (Wildman–Crippen MR) is 112 cm³/mol. The van der Waals surface area contributed by atoms with E-state index in [9.17, 15) is 14.4 Å². The Bertz CT molecular complexity index is 913. The van der Waals surface area contributed by atoms with Gasteiger partial charge in [0.1, 0.15) is 0 Å². The Balaban J connectivity index is 1.29. The summed E-state index contributed by atoms with van der Waals surface area (Å²) >= 11 is 0. The highest BCUT2D eigenvalue weighted by Gasteiger charge is 2.35. The van der Waals surface area contributed by atoms with Crippen LogP contribution in [-0.2, 0) is 20.8 Å². The van der Waals surface area contributed by atoms with Crippen molar-refractivity contribution in [3.63, 3.8) is 0 Å². The lowest BCUT2D eigenvalue weighted by atomic mass is 10.0. The summed E-state index contributed by atoms with van der Waals surface area (Å²) in [5.41, 5.74) is 2.99.